The van der Waals surface area contributed by atoms with Crippen LogP contribution in [0.15, 0.2) is 24.4 Å². The molecule has 0 spiro atoms. The smallest absolute Gasteiger partial charge is 0.252 e. The van der Waals surface area contributed by atoms with Crippen molar-refractivity contribution < 1.29 is 19.2 Å². The molecule has 2 saturated heterocycles. The van der Waals surface area contributed by atoms with E-state index in [0.29, 0.717) is 44.5 Å². The van der Waals surface area contributed by atoms with E-state index in [9.17, 15) is 19.2 Å². The summed E-state index contributed by atoms with van der Waals surface area (Å²) in [7, 11) is 0. The number of nitrogens with one attached hydrogen (secondary N) is 3. The second-order valence-corrected chi connectivity index (χ2v) is 7.42. The predicted octanol–water partition coefficient (Wildman–Crippen LogP) is -0.181. The average Bonchev–Trinajstić information content (AvgIpc) is 3.35. The highest BCUT2D eigenvalue weighted by molar-refractivity contribution is 5.97. The average molecular weight is 401 g/mol. The zero-order chi connectivity index (χ0) is 21.0. The first kappa shape index (κ1) is 20.8. The maximum absolute atomic E-state index is 13.3. The van der Waals surface area contributed by atoms with Gasteiger partial charge in [0.1, 0.15) is 12.1 Å². The van der Waals surface area contributed by atoms with Gasteiger partial charge in [0, 0.05) is 25.7 Å². The summed E-state index contributed by atoms with van der Waals surface area (Å²) >= 11 is 0. The molecule has 3 N–H and O–H groups in total. The van der Waals surface area contributed by atoms with E-state index in [-0.39, 0.29) is 17.7 Å². The highest BCUT2D eigenvalue weighted by atomic mass is 16.2. The maximum atomic E-state index is 13.3. The molecule has 0 saturated carbocycles. The number of aromatic nitrogens is 1. The topological polar surface area (TPSA) is 120 Å². The van der Waals surface area contributed by atoms with Gasteiger partial charge < -0.3 is 20.9 Å². The zero-order valence-electron chi connectivity index (χ0n) is 16.7. The molecule has 3 atom stereocenters. The van der Waals surface area contributed by atoms with Crippen LogP contribution in [0.1, 0.15) is 45.2 Å². The van der Waals surface area contributed by atoms with Crippen LogP contribution in [-0.4, -0.2) is 58.7 Å². The fourth-order valence-electron chi connectivity index (χ4n) is 4.07. The summed E-state index contributed by atoms with van der Waals surface area (Å²) in [6, 6.07) is 3.83. The molecule has 2 aliphatic rings. The van der Waals surface area contributed by atoms with Crippen LogP contribution in [0.5, 0.6) is 0 Å². The van der Waals surface area contributed by atoms with Gasteiger partial charge >= 0.3 is 0 Å². The van der Waals surface area contributed by atoms with Crippen LogP contribution in [0.25, 0.3) is 0 Å². The minimum Gasteiger partial charge on any atom is -0.354 e. The molecule has 4 amide bonds. The molecular weight excluding hydrogens is 374 g/mol. The summed E-state index contributed by atoms with van der Waals surface area (Å²) in [4.78, 5) is 56.0. The highest BCUT2D eigenvalue weighted by Crippen LogP contribution is 2.38. The van der Waals surface area contributed by atoms with Crippen molar-refractivity contribution in [3.8, 4) is 0 Å². The van der Waals surface area contributed by atoms with E-state index in [1.807, 2.05) is 6.92 Å². The van der Waals surface area contributed by atoms with Gasteiger partial charge in [-0.3, -0.25) is 24.2 Å². The van der Waals surface area contributed by atoms with Crippen molar-refractivity contribution in [2.24, 2.45) is 0 Å². The van der Waals surface area contributed by atoms with Crippen LogP contribution < -0.4 is 16.0 Å². The van der Waals surface area contributed by atoms with E-state index in [1.165, 1.54) is 4.90 Å². The Kier molecular flexibility index (Phi) is 6.14. The number of amides is 4. The van der Waals surface area contributed by atoms with Crippen molar-refractivity contribution in [1.82, 2.24) is 25.8 Å². The lowest BCUT2D eigenvalue weighted by Gasteiger charge is -2.38. The Bertz CT molecular complexity index is 799. The zero-order valence-corrected chi connectivity index (χ0v) is 16.7. The number of carbonyl (C=O) groups is 4. The second-order valence-electron chi connectivity index (χ2n) is 7.42. The van der Waals surface area contributed by atoms with Gasteiger partial charge in [-0.1, -0.05) is 6.07 Å². The Labute approximate surface area is 169 Å². The molecule has 29 heavy (non-hydrogen) atoms. The van der Waals surface area contributed by atoms with Crippen LogP contribution >= 0.6 is 0 Å². The SMILES string of the molecule is CCNC(=O)[C@]1(c2ccccn2)CCCN1C(=O)[C@H](C)NC(=O)[C@@H]1CCC(=O)N1. The number of carbonyl (C=O) groups excluding carboxylic acids is 4. The van der Waals surface area contributed by atoms with Crippen LogP contribution in [0.3, 0.4) is 0 Å². The third-order valence-corrected chi connectivity index (χ3v) is 5.49. The van der Waals surface area contributed by atoms with Gasteiger partial charge in [-0.05, 0) is 45.2 Å². The summed E-state index contributed by atoms with van der Waals surface area (Å²) in [6.45, 7) is 4.25. The van der Waals surface area contributed by atoms with Gasteiger partial charge in [0.15, 0.2) is 5.54 Å². The fraction of sp³-hybridized carbons (Fsp3) is 0.550. The van der Waals surface area contributed by atoms with E-state index >= 15 is 0 Å². The fourth-order valence-corrected chi connectivity index (χ4v) is 4.07. The van der Waals surface area contributed by atoms with E-state index < -0.39 is 23.5 Å². The van der Waals surface area contributed by atoms with E-state index in [2.05, 4.69) is 20.9 Å². The number of rotatable bonds is 6. The summed E-state index contributed by atoms with van der Waals surface area (Å²) in [5, 5.41) is 8.11. The van der Waals surface area contributed by atoms with Crippen molar-refractivity contribution in [1.29, 1.82) is 0 Å². The van der Waals surface area contributed by atoms with Gasteiger partial charge in [0.25, 0.3) is 5.91 Å². The molecule has 9 heteroatoms. The number of likely N-dealkylation sites (tertiary alicyclic amines) is 1. The lowest BCUT2D eigenvalue weighted by atomic mass is 9.89. The molecule has 3 rings (SSSR count). The van der Waals surface area contributed by atoms with E-state index in [0.717, 1.165) is 0 Å². The third kappa shape index (κ3) is 3.94. The highest BCUT2D eigenvalue weighted by Gasteiger charge is 2.52. The molecule has 0 aliphatic carbocycles. The first-order chi connectivity index (χ1) is 13.9. The first-order valence-electron chi connectivity index (χ1n) is 10.0. The van der Waals surface area contributed by atoms with Crippen molar-refractivity contribution in [2.45, 2.75) is 57.2 Å². The van der Waals surface area contributed by atoms with Crippen molar-refractivity contribution >= 4 is 23.6 Å². The molecule has 0 unspecified atom stereocenters. The minimum atomic E-state index is -1.20. The van der Waals surface area contributed by atoms with Crippen LogP contribution in [-0.2, 0) is 24.7 Å². The van der Waals surface area contributed by atoms with Crippen molar-refractivity contribution in [3.05, 3.63) is 30.1 Å². The van der Waals surface area contributed by atoms with Crippen LogP contribution in [0, 0.1) is 0 Å². The van der Waals surface area contributed by atoms with Crippen LogP contribution in [0.4, 0.5) is 0 Å². The van der Waals surface area contributed by atoms with Gasteiger partial charge in [-0.25, -0.2) is 0 Å². The Morgan fingerprint density at radius 3 is 2.79 bits per heavy atom. The number of hydrogen-bond donors (Lipinski definition) is 3. The molecule has 2 aliphatic heterocycles. The molecule has 1 aromatic heterocycles. The third-order valence-electron chi connectivity index (χ3n) is 5.49. The molecule has 0 bridgehead atoms. The Morgan fingerprint density at radius 2 is 2.17 bits per heavy atom. The summed E-state index contributed by atoms with van der Waals surface area (Å²) in [6.07, 6.45) is 3.42. The number of likely N-dealkylation sites (N-methyl/N-ethyl adjacent to an activating group) is 1. The maximum Gasteiger partial charge on any atom is 0.252 e. The quantitative estimate of drug-likeness (QED) is 0.611. The van der Waals surface area contributed by atoms with E-state index in [1.54, 1.807) is 31.3 Å². The van der Waals surface area contributed by atoms with Gasteiger partial charge in [-0.15, -0.1) is 0 Å². The molecule has 9 nitrogen and oxygen atoms in total. The van der Waals surface area contributed by atoms with Gasteiger partial charge in [-0.2, -0.15) is 0 Å². The van der Waals surface area contributed by atoms with Crippen LogP contribution in [0.2, 0.25) is 0 Å². The molecular formula is C20H27N5O4. The number of nitrogens with zero attached hydrogens (tertiary/aromatic N) is 2. The largest absolute Gasteiger partial charge is 0.354 e. The molecule has 156 valence electrons. The molecule has 1 aromatic rings. The summed E-state index contributed by atoms with van der Waals surface area (Å²) < 4.78 is 0. The number of pyridine rings is 1. The number of hydrogen-bond acceptors (Lipinski definition) is 5. The molecule has 2 fully saturated rings. The Balaban J connectivity index is 1.82. The minimum absolute atomic E-state index is 0.172. The predicted molar refractivity (Wildman–Crippen MR) is 104 cm³/mol. The lowest BCUT2D eigenvalue weighted by molar-refractivity contribution is -0.148. The van der Waals surface area contributed by atoms with Gasteiger partial charge in [0.05, 0.1) is 5.69 Å². The molecule has 0 radical (unpaired) electrons. The molecule has 3 heterocycles. The monoisotopic (exact) mass is 401 g/mol. The normalized spacial score (nSPS) is 24.7. The standard InChI is InChI=1S/C20H27N5O4/c1-3-21-19(29)20(15-7-4-5-11-22-15)10-6-12-25(20)18(28)13(2)23-17(27)14-8-9-16(26)24-14/h4-5,7,11,13-14H,3,6,8-10,12H2,1-2H3,(H,21,29)(H,23,27)(H,24,26)/t13-,14-,20+/m0/s1. The van der Waals surface area contributed by atoms with Gasteiger partial charge in [0.2, 0.25) is 17.7 Å². The second kappa shape index (κ2) is 8.59. The lowest BCUT2D eigenvalue weighted by Crippen LogP contribution is -2.59. The summed E-state index contributed by atoms with van der Waals surface area (Å²) in [5.41, 5.74) is -0.687. The Hall–Kier alpha value is -2.97. The van der Waals surface area contributed by atoms with Crippen molar-refractivity contribution in [2.75, 3.05) is 13.1 Å². The van der Waals surface area contributed by atoms with Crippen molar-refractivity contribution in [3.63, 3.8) is 0 Å². The van der Waals surface area contributed by atoms with E-state index in [4.69, 9.17) is 0 Å². The molecule has 0 aromatic carbocycles. The Morgan fingerprint density at radius 1 is 1.38 bits per heavy atom. The summed E-state index contributed by atoms with van der Waals surface area (Å²) in [5.74, 6) is -1.19. The first-order valence-corrected chi connectivity index (χ1v) is 10.0.